The molecule has 4 nitrogen and oxygen atoms in total. The fourth-order valence-electron chi connectivity index (χ4n) is 2.53. The molecule has 0 N–H and O–H groups in total. The van der Waals surface area contributed by atoms with Crippen LogP contribution in [0.1, 0.15) is 42.2 Å². The molecule has 0 unspecified atom stereocenters. The van der Waals surface area contributed by atoms with E-state index in [1.165, 1.54) is 12.1 Å². The number of hydrogen-bond acceptors (Lipinski definition) is 4. The lowest BCUT2D eigenvalue weighted by Crippen LogP contribution is -2.22. The average Bonchev–Trinajstić information content (AvgIpc) is 2.57. The van der Waals surface area contributed by atoms with E-state index in [-0.39, 0.29) is 44.7 Å². The summed E-state index contributed by atoms with van der Waals surface area (Å²) in [5, 5.41) is 0.0446. The number of carbonyl (C=O) groups excluding carboxylic acids is 3. The summed E-state index contributed by atoms with van der Waals surface area (Å²) in [4.78, 5) is 37.3. The average molecular weight is 361 g/mol. The van der Waals surface area contributed by atoms with Crippen LogP contribution < -0.4 is 0 Å². The largest absolute Gasteiger partial charge is 0.456 e. The van der Waals surface area contributed by atoms with Gasteiger partial charge in [-0.2, -0.15) is 0 Å². The molecule has 0 fully saturated rings. The van der Waals surface area contributed by atoms with Crippen LogP contribution in [0.15, 0.2) is 48.0 Å². The van der Waals surface area contributed by atoms with E-state index in [1.54, 1.807) is 24.3 Å². The van der Waals surface area contributed by atoms with Crippen LogP contribution in [0.2, 0.25) is 5.02 Å². The van der Waals surface area contributed by atoms with Crippen molar-refractivity contribution in [2.75, 3.05) is 6.61 Å². The lowest BCUT2D eigenvalue weighted by molar-refractivity contribution is 0.0546. The minimum Gasteiger partial charge on any atom is -0.456 e. The number of hydrogen-bond donors (Lipinski definition) is 0. The Hall–Kier alpha value is -2.43. The van der Waals surface area contributed by atoms with E-state index in [9.17, 15) is 14.4 Å². The molecule has 0 heterocycles. The maximum Gasteiger partial charge on any atom is 0.340 e. The molecule has 0 amide bonds. The molecule has 0 bridgehead atoms. The summed E-state index contributed by atoms with van der Waals surface area (Å²) in [5.41, 5.74) is 0.756. The normalized spacial score (nSPS) is 12.4. The Kier molecular flexibility index (Phi) is 4.26. The lowest BCUT2D eigenvalue weighted by Gasteiger charge is -2.19. The van der Waals surface area contributed by atoms with E-state index in [0.717, 1.165) is 0 Å². The molecule has 0 saturated heterocycles. The van der Waals surface area contributed by atoms with Gasteiger partial charge in [-0.25, -0.2) is 4.79 Å². The van der Waals surface area contributed by atoms with Gasteiger partial charge in [-0.15, -0.1) is 0 Å². The van der Waals surface area contributed by atoms with Gasteiger partial charge >= 0.3 is 5.97 Å². The van der Waals surface area contributed by atoms with Crippen molar-refractivity contribution in [3.63, 3.8) is 0 Å². The van der Waals surface area contributed by atoms with Crippen LogP contribution in [0.5, 0.6) is 0 Å². The molecule has 1 aliphatic rings. The van der Waals surface area contributed by atoms with Crippen molar-refractivity contribution in [1.82, 2.24) is 0 Å². The van der Waals surface area contributed by atoms with Crippen molar-refractivity contribution < 1.29 is 19.1 Å². The zero-order valence-electron chi connectivity index (χ0n) is 12.3. The summed E-state index contributed by atoms with van der Waals surface area (Å²) < 4.78 is 4.94. The predicted octanol–water partition coefficient (Wildman–Crippen LogP) is 4.02. The summed E-state index contributed by atoms with van der Waals surface area (Å²) in [5.74, 6) is -1.46. The van der Waals surface area contributed by atoms with Crippen LogP contribution in [-0.2, 0) is 4.74 Å². The third-order valence-corrected chi connectivity index (χ3v) is 4.11. The zero-order valence-corrected chi connectivity index (χ0v) is 13.8. The van der Waals surface area contributed by atoms with Gasteiger partial charge in [0.2, 0.25) is 0 Å². The lowest BCUT2D eigenvalue weighted by atomic mass is 9.83. The fraction of sp³-hybridized carbons (Fsp3) is 0.0556. The van der Waals surface area contributed by atoms with Crippen LogP contribution >= 0.6 is 23.2 Å². The first kappa shape index (κ1) is 16.4. The van der Waals surface area contributed by atoms with Crippen molar-refractivity contribution in [3.8, 4) is 0 Å². The second kappa shape index (κ2) is 6.23. The van der Waals surface area contributed by atoms with E-state index in [1.807, 2.05) is 0 Å². The summed E-state index contributed by atoms with van der Waals surface area (Å²) in [6.07, 6.45) is 0. The van der Waals surface area contributed by atoms with Gasteiger partial charge in [-0.05, 0) is 12.1 Å². The van der Waals surface area contributed by atoms with E-state index < -0.39 is 11.8 Å². The SMILES string of the molecule is C=C(Cl)COC(=O)c1ccc2c(c1Cl)C(=O)c1ccccc1C2=O. The smallest absolute Gasteiger partial charge is 0.340 e. The molecule has 1 aliphatic carbocycles. The van der Waals surface area contributed by atoms with Crippen molar-refractivity contribution in [1.29, 1.82) is 0 Å². The number of benzene rings is 2. The Morgan fingerprint density at radius 3 is 2.25 bits per heavy atom. The molecule has 0 radical (unpaired) electrons. The van der Waals surface area contributed by atoms with E-state index in [0.29, 0.717) is 5.56 Å². The molecule has 2 aromatic rings. The van der Waals surface area contributed by atoms with Crippen LogP contribution in [0.3, 0.4) is 0 Å². The van der Waals surface area contributed by atoms with Crippen LogP contribution in [0.4, 0.5) is 0 Å². The maximum absolute atomic E-state index is 12.7. The number of halogens is 2. The van der Waals surface area contributed by atoms with E-state index >= 15 is 0 Å². The highest BCUT2D eigenvalue weighted by Gasteiger charge is 2.33. The highest BCUT2D eigenvalue weighted by molar-refractivity contribution is 6.41. The van der Waals surface area contributed by atoms with Gasteiger partial charge in [-0.1, -0.05) is 54.0 Å². The molecule has 120 valence electrons. The first-order chi connectivity index (χ1) is 11.4. The van der Waals surface area contributed by atoms with Crippen LogP contribution in [0, 0.1) is 0 Å². The molecule has 0 saturated carbocycles. The summed E-state index contributed by atoms with van der Waals surface area (Å²) >= 11 is 11.8. The monoisotopic (exact) mass is 360 g/mol. The predicted molar refractivity (Wildman–Crippen MR) is 90.0 cm³/mol. The Morgan fingerprint density at radius 1 is 1.00 bits per heavy atom. The third-order valence-electron chi connectivity index (χ3n) is 3.61. The second-order valence-electron chi connectivity index (χ2n) is 5.15. The topological polar surface area (TPSA) is 60.4 Å². The Morgan fingerprint density at radius 2 is 1.62 bits per heavy atom. The van der Waals surface area contributed by atoms with Gasteiger partial charge in [0.25, 0.3) is 0 Å². The molecule has 0 aromatic heterocycles. The number of ether oxygens (including phenoxy) is 1. The minimum absolute atomic E-state index is 0.00568. The van der Waals surface area contributed by atoms with Crippen LogP contribution in [0.25, 0.3) is 0 Å². The second-order valence-corrected chi connectivity index (χ2v) is 6.06. The number of carbonyl (C=O) groups is 3. The van der Waals surface area contributed by atoms with E-state index in [4.69, 9.17) is 27.9 Å². The maximum atomic E-state index is 12.7. The highest BCUT2D eigenvalue weighted by Crippen LogP contribution is 2.34. The Bertz CT molecular complexity index is 915. The molecule has 24 heavy (non-hydrogen) atoms. The van der Waals surface area contributed by atoms with Gasteiger partial charge in [0.15, 0.2) is 11.6 Å². The molecular formula is C18H10Cl2O4. The van der Waals surface area contributed by atoms with E-state index in [2.05, 4.69) is 6.58 Å². The molecule has 0 aliphatic heterocycles. The molecular weight excluding hydrogens is 351 g/mol. The van der Waals surface area contributed by atoms with Gasteiger partial charge in [0, 0.05) is 21.7 Å². The van der Waals surface area contributed by atoms with Gasteiger partial charge in [-0.3, -0.25) is 9.59 Å². The van der Waals surface area contributed by atoms with Gasteiger partial charge in [0.05, 0.1) is 16.1 Å². The van der Waals surface area contributed by atoms with Crippen molar-refractivity contribution >= 4 is 40.7 Å². The van der Waals surface area contributed by atoms with Gasteiger partial charge < -0.3 is 4.74 Å². The van der Waals surface area contributed by atoms with Crippen molar-refractivity contribution in [2.24, 2.45) is 0 Å². The number of ketones is 2. The Balaban J connectivity index is 2.09. The summed E-state index contributed by atoms with van der Waals surface area (Å²) in [6.45, 7) is 3.24. The van der Waals surface area contributed by atoms with Crippen LogP contribution in [-0.4, -0.2) is 24.1 Å². The number of rotatable bonds is 3. The van der Waals surface area contributed by atoms with Gasteiger partial charge in [0.1, 0.15) is 6.61 Å². The minimum atomic E-state index is -0.747. The highest BCUT2D eigenvalue weighted by atomic mass is 35.5. The third kappa shape index (κ3) is 2.64. The molecule has 0 atom stereocenters. The summed E-state index contributed by atoms with van der Waals surface area (Å²) in [7, 11) is 0. The molecule has 3 rings (SSSR count). The van der Waals surface area contributed by atoms with Crippen molar-refractivity contribution in [3.05, 3.63) is 80.8 Å². The molecule has 0 spiro atoms. The van der Waals surface area contributed by atoms with Crippen molar-refractivity contribution in [2.45, 2.75) is 0 Å². The summed E-state index contributed by atoms with van der Waals surface area (Å²) in [6, 6.07) is 9.25. The molecule has 2 aromatic carbocycles. The quantitative estimate of drug-likeness (QED) is 0.661. The first-order valence-corrected chi connectivity index (χ1v) is 7.68. The zero-order chi connectivity index (χ0) is 17.4. The number of esters is 1. The first-order valence-electron chi connectivity index (χ1n) is 6.93. The number of fused-ring (bicyclic) bond motifs is 2. The molecule has 6 heteroatoms. The Labute approximate surface area is 147 Å². The standard InChI is InChI=1S/C18H10Cl2O4/c1-9(19)8-24-18(23)13-7-6-12-14(15(13)20)17(22)11-5-3-2-4-10(11)16(12)21/h2-7H,1,8H2. The fourth-order valence-corrected chi connectivity index (χ4v) is 2.91.